The fourth-order valence-electron chi connectivity index (χ4n) is 1.65. The maximum Gasteiger partial charge on any atom is 0.250 e. The van der Waals surface area contributed by atoms with Gasteiger partial charge in [-0.15, -0.1) is 0 Å². The molecule has 0 spiro atoms. The van der Waals surface area contributed by atoms with E-state index in [9.17, 15) is 4.79 Å². The zero-order valence-corrected chi connectivity index (χ0v) is 13.6. The number of hydrogen-bond acceptors (Lipinski definition) is 5. The molecular formula is C12H24ClN3O5. The predicted octanol–water partition coefficient (Wildman–Crippen LogP) is 1.20. The standard InChI is InChI=1S/C12H23ClN2O2.NO3/c1-6-11(14-12(17)9(2)3)15(4,5)10(13)7-8-16;2-1(3)4/h10-11,16H,2,6-8H2,1,3-5H3;/q;-1/p+1. The van der Waals surface area contributed by atoms with E-state index in [1.54, 1.807) is 6.92 Å². The molecule has 9 heteroatoms. The molecule has 0 aliphatic carbocycles. The van der Waals surface area contributed by atoms with Gasteiger partial charge in [0.15, 0.2) is 11.7 Å². The van der Waals surface area contributed by atoms with Crippen molar-refractivity contribution in [2.75, 3.05) is 20.7 Å². The van der Waals surface area contributed by atoms with Crippen molar-refractivity contribution in [3.8, 4) is 0 Å². The lowest BCUT2D eigenvalue weighted by molar-refractivity contribution is -0.929. The lowest BCUT2D eigenvalue weighted by Gasteiger charge is -2.41. The number of rotatable bonds is 7. The molecule has 0 aliphatic heterocycles. The summed E-state index contributed by atoms with van der Waals surface area (Å²) in [6.45, 7) is 7.32. The van der Waals surface area contributed by atoms with Gasteiger partial charge in [-0.3, -0.25) is 9.28 Å². The average Bonchev–Trinajstić information content (AvgIpc) is 2.34. The van der Waals surface area contributed by atoms with Gasteiger partial charge in [-0.25, -0.2) is 0 Å². The van der Waals surface area contributed by atoms with Gasteiger partial charge >= 0.3 is 0 Å². The number of aliphatic hydroxyl groups is 1. The predicted molar refractivity (Wildman–Crippen MR) is 80.8 cm³/mol. The third-order valence-electron chi connectivity index (χ3n) is 2.96. The summed E-state index contributed by atoms with van der Waals surface area (Å²) >= 11 is 6.25. The number of quaternary nitrogens is 1. The smallest absolute Gasteiger partial charge is 0.250 e. The maximum absolute atomic E-state index is 11.6. The Morgan fingerprint density at radius 3 is 2.19 bits per heavy atom. The molecule has 0 heterocycles. The molecule has 0 aromatic heterocycles. The van der Waals surface area contributed by atoms with Gasteiger partial charge in [-0.05, 0) is 6.92 Å². The molecule has 0 aromatic rings. The zero-order valence-electron chi connectivity index (χ0n) is 12.8. The van der Waals surface area contributed by atoms with Crippen LogP contribution in [-0.4, -0.2) is 53.0 Å². The number of aliphatic hydroxyl groups excluding tert-OH is 1. The van der Waals surface area contributed by atoms with Gasteiger partial charge in [0.25, 0.3) is 5.91 Å². The van der Waals surface area contributed by atoms with Crippen LogP contribution in [0.15, 0.2) is 12.2 Å². The third-order valence-corrected chi connectivity index (χ3v) is 3.69. The average molecular weight is 326 g/mol. The van der Waals surface area contributed by atoms with Crippen LogP contribution in [0.5, 0.6) is 0 Å². The molecule has 0 aliphatic rings. The fourth-order valence-corrected chi connectivity index (χ4v) is 1.88. The van der Waals surface area contributed by atoms with E-state index in [2.05, 4.69) is 11.9 Å². The minimum Gasteiger partial charge on any atom is -0.396 e. The quantitative estimate of drug-likeness (QED) is 0.139. The van der Waals surface area contributed by atoms with Gasteiger partial charge < -0.3 is 25.7 Å². The number of amides is 1. The van der Waals surface area contributed by atoms with Crippen LogP contribution in [0.1, 0.15) is 26.7 Å². The summed E-state index contributed by atoms with van der Waals surface area (Å²) in [5, 5.41) is 26.6. The topological polar surface area (TPSA) is 116 Å². The summed E-state index contributed by atoms with van der Waals surface area (Å²) in [5.41, 5.74) is 0.243. The molecular weight excluding hydrogens is 302 g/mol. The minimum absolute atomic E-state index is 0.0424. The van der Waals surface area contributed by atoms with E-state index in [4.69, 9.17) is 32.0 Å². The van der Waals surface area contributed by atoms with Crippen LogP contribution in [0, 0.1) is 15.3 Å². The van der Waals surface area contributed by atoms with E-state index in [0.29, 0.717) is 16.5 Å². The van der Waals surface area contributed by atoms with Gasteiger partial charge in [-0.2, -0.15) is 0 Å². The van der Waals surface area contributed by atoms with Crippen molar-refractivity contribution < 1.29 is 19.5 Å². The van der Waals surface area contributed by atoms with Crippen LogP contribution in [0.4, 0.5) is 0 Å². The first-order valence-electron chi connectivity index (χ1n) is 6.36. The Hall–Kier alpha value is -1.38. The Kier molecular flexibility index (Phi) is 10.8. The molecule has 0 bridgehead atoms. The molecule has 2 N–H and O–H groups in total. The van der Waals surface area contributed by atoms with Gasteiger partial charge in [0, 0.05) is 18.4 Å². The highest BCUT2D eigenvalue weighted by atomic mass is 35.5. The summed E-state index contributed by atoms with van der Waals surface area (Å²) in [6, 6.07) is 0. The lowest BCUT2D eigenvalue weighted by atomic mass is 10.2. The van der Waals surface area contributed by atoms with Crippen LogP contribution in [0.25, 0.3) is 0 Å². The second kappa shape index (κ2) is 10.4. The van der Waals surface area contributed by atoms with Crippen molar-refractivity contribution in [3.05, 3.63) is 27.5 Å². The molecule has 8 nitrogen and oxygen atoms in total. The highest BCUT2D eigenvalue weighted by Gasteiger charge is 2.34. The van der Waals surface area contributed by atoms with Crippen LogP contribution in [-0.2, 0) is 4.79 Å². The van der Waals surface area contributed by atoms with Crippen LogP contribution >= 0.6 is 11.6 Å². The SMILES string of the molecule is C=C(C)C(=O)NC(CC)[N+](C)(C)C(Cl)CCO.O=[N+]([O-])[O-]. The summed E-state index contributed by atoms with van der Waals surface area (Å²) in [4.78, 5) is 19.9. The molecule has 0 rings (SSSR count). The molecule has 0 saturated heterocycles. The Morgan fingerprint density at radius 1 is 1.48 bits per heavy atom. The molecule has 1 amide bonds. The van der Waals surface area contributed by atoms with Crippen molar-refractivity contribution in [1.29, 1.82) is 0 Å². The lowest BCUT2D eigenvalue weighted by Crippen LogP contribution is -2.60. The first-order valence-corrected chi connectivity index (χ1v) is 6.80. The monoisotopic (exact) mass is 325 g/mol. The van der Waals surface area contributed by atoms with Crippen molar-refractivity contribution >= 4 is 17.5 Å². The van der Waals surface area contributed by atoms with Crippen molar-refractivity contribution in [1.82, 2.24) is 5.32 Å². The molecule has 0 aromatic carbocycles. The molecule has 0 radical (unpaired) electrons. The number of carbonyl (C=O) groups is 1. The maximum atomic E-state index is 11.6. The Morgan fingerprint density at radius 2 is 1.90 bits per heavy atom. The van der Waals surface area contributed by atoms with Gasteiger partial charge in [-0.1, -0.05) is 25.1 Å². The van der Waals surface area contributed by atoms with Crippen molar-refractivity contribution in [2.45, 2.75) is 38.4 Å². The Bertz CT molecular complexity index is 359. The second-order valence-corrected chi connectivity index (χ2v) is 5.48. The summed E-state index contributed by atoms with van der Waals surface area (Å²) in [5.74, 6) is -0.157. The van der Waals surface area contributed by atoms with E-state index in [1.165, 1.54) is 0 Å². The molecule has 21 heavy (non-hydrogen) atoms. The fraction of sp³-hybridized carbons (Fsp3) is 0.750. The zero-order chi connectivity index (χ0) is 17.2. The highest BCUT2D eigenvalue weighted by Crippen LogP contribution is 2.20. The van der Waals surface area contributed by atoms with Gasteiger partial charge in [0.2, 0.25) is 0 Å². The van der Waals surface area contributed by atoms with E-state index in [0.717, 1.165) is 6.42 Å². The number of nitrogens with one attached hydrogen (secondary N) is 1. The number of nitrogens with zero attached hydrogens (tertiary/aromatic N) is 2. The van der Waals surface area contributed by atoms with E-state index in [1.807, 2.05) is 21.0 Å². The molecule has 0 saturated carbocycles. The normalized spacial score (nSPS) is 13.4. The minimum atomic E-state index is -1.75. The largest absolute Gasteiger partial charge is 0.396 e. The van der Waals surface area contributed by atoms with Crippen LogP contribution in [0.2, 0.25) is 0 Å². The van der Waals surface area contributed by atoms with Gasteiger partial charge in [0.05, 0.1) is 25.8 Å². The first-order chi connectivity index (χ1) is 9.50. The Labute approximate surface area is 129 Å². The third kappa shape index (κ3) is 9.22. The Balaban J connectivity index is 0. The van der Waals surface area contributed by atoms with Crippen LogP contribution < -0.4 is 5.32 Å². The number of hydrogen-bond donors (Lipinski definition) is 2. The van der Waals surface area contributed by atoms with Crippen LogP contribution in [0.3, 0.4) is 0 Å². The highest BCUT2D eigenvalue weighted by molar-refractivity contribution is 6.19. The van der Waals surface area contributed by atoms with E-state index < -0.39 is 5.09 Å². The van der Waals surface area contributed by atoms with E-state index in [-0.39, 0.29) is 24.2 Å². The second-order valence-electron chi connectivity index (χ2n) is 4.98. The summed E-state index contributed by atoms with van der Waals surface area (Å²) < 4.78 is 0.428. The van der Waals surface area contributed by atoms with Crippen molar-refractivity contribution in [2.24, 2.45) is 0 Å². The summed E-state index contributed by atoms with van der Waals surface area (Å²) in [6.07, 6.45) is 1.17. The molecule has 0 fully saturated rings. The molecule has 124 valence electrons. The number of alkyl halides is 1. The van der Waals surface area contributed by atoms with Gasteiger partial charge in [0.1, 0.15) is 0 Å². The first kappa shape index (κ1) is 21.9. The summed E-state index contributed by atoms with van der Waals surface area (Å²) in [7, 11) is 3.89. The van der Waals surface area contributed by atoms with Crippen molar-refractivity contribution in [3.63, 3.8) is 0 Å². The number of halogens is 1. The van der Waals surface area contributed by atoms with E-state index >= 15 is 0 Å². The molecule has 2 atom stereocenters. The molecule has 2 unspecified atom stereocenters. The number of carbonyl (C=O) groups excluding carboxylic acids is 1.